The van der Waals surface area contributed by atoms with Gasteiger partial charge in [-0.3, -0.25) is 0 Å². The molecule has 1 aliphatic heterocycles. The summed E-state index contributed by atoms with van der Waals surface area (Å²) < 4.78 is 0. The van der Waals surface area contributed by atoms with Crippen molar-refractivity contribution in [1.82, 2.24) is 4.90 Å². The van der Waals surface area contributed by atoms with Crippen molar-refractivity contribution in [2.75, 3.05) is 0 Å². The number of aliphatic imine (C=N–C) groups is 1. The van der Waals surface area contributed by atoms with E-state index in [0.29, 0.717) is 6.04 Å². The van der Waals surface area contributed by atoms with Crippen LogP contribution in [0, 0.1) is 0 Å². The lowest BCUT2D eigenvalue weighted by molar-refractivity contribution is 0.380. The van der Waals surface area contributed by atoms with Crippen LogP contribution in [0.2, 0.25) is 0 Å². The molecule has 0 spiro atoms. The zero-order valence-electron chi connectivity index (χ0n) is 7.33. The predicted molar refractivity (Wildman–Crippen MR) is 55.1 cm³/mol. The molecular formula is C10H18N2. The Morgan fingerprint density at radius 1 is 1.50 bits per heavy atom. The van der Waals surface area contributed by atoms with Gasteiger partial charge in [-0.1, -0.05) is 14.0 Å². The molecule has 0 aromatic heterocycles. The van der Waals surface area contributed by atoms with Gasteiger partial charge in [-0.05, 0) is 26.8 Å². The Bertz CT molecular complexity index is 224. The lowest BCUT2D eigenvalue weighted by Gasteiger charge is -2.26. The molecule has 0 radical (unpaired) electrons. The zero-order chi connectivity index (χ0) is 8.43. The molecule has 2 heteroatoms. The van der Waals surface area contributed by atoms with Crippen LogP contribution in [-0.4, -0.2) is 16.7 Å². The number of nitrogens with zero attached hydrogens (tertiary/aromatic N) is 2. The molecule has 0 unspecified atom stereocenters. The van der Waals surface area contributed by atoms with Crippen molar-refractivity contribution in [3.05, 3.63) is 24.7 Å². The minimum Gasteiger partial charge on any atom is -0.331 e. The molecule has 0 saturated heterocycles. The number of allylic oxidation sites excluding steroid dienone is 1. The Kier molecular flexibility index (Phi) is 3.74. The molecule has 12 heavy (non-hydrogen) atoms. The highest BCUT2D eigenvalue weighted by atomic mass is 15.2. The Morgan fingerprint density at radius 2 is 2.08 bits per heavy atom. The van der Waals surface area contributed by atoms with Crippen LogP contribution in [0.25, 0.3) is 0 Å². The highest BCUT2D eigenvalue weighted by Crippen LogP contribution is 2.13. The van der Waals surface area contributed by atoms with Gasteiger partial charge in [0.25, 0.3) is 0 Å². The summed E-state index contributed by atoms with van der Waals surface area (Å²) in [6.45, 7) is 10.1. The molecular weight excluding hydrogens is 148 g/mol. The quantitative estimate of drug-likeness (QED) is 0.585. The molecule has 1 rings (SSSR count). The van der Waals surface area contributed by atoms with Gasteiger partial charge in [-0.15, -0.1) is 0 Å². The Morgan fingerprint density at radius 3 is 2.50 bits per heavy atom. The van der Waals surface area contributed by atoms with Gasteiger partial charge in [0.05, 0.1) is 0 Å². The molecule has 0 aromatic rings. The maximum atomic E-state index is 4.25. The molecule has 2 nitrogen and oxygen atoms in total. The normalized spacial score (nSPS) is 16.2. The average Bonchev–Trinajstić information content (AvgIpc) is 1.85. The van der Waals surface area contributed by atoms with Crippen molar-refractivity contribution in [2.45, 2.75) is 34.2 Å². The largest absolute Gasteiger partial charge is 0.331 e. The summed E-state index contributed by atoms with van der Waals surface area (Å²) in [5.41, 5.74) is 1.02. The van der Waals surface area contributed by atoms with Crippen molar-refractivity contribution >= 4 is 5.71 Å². The highest BCUT2D eigenvalue weighted by Gasteiger charge is 2.10. The van der Waals surface area contributed by atoms with Gasteiger partial charge in [-0.25, -0.2) is 4.99 Å². The minimum atomic E-state index is 0. The number of hydrogen-bond acceptors (Lipinski definition) is 2. The first-order valence-electron chi connectivity index (χ1n) is 3.82. The van der Waals surface area contributed by atoms with E-state index in [1.54, 1.807) is 0 Å². The average molecular weight is 166 g/mol. The lowest BCUT2D eigenvalue weighted by Crippen LogP contribution is -2.25. The second-order valence-corrected chi connectivity index (χ2v) is 2.99. The first-order valence-corrected chi connectivity index (χ1v) is 3.82. The van der Waals surface area contributed by atoms with E-state index in [-0.39, 0.29) is 7.43 Å². The topological polar surface area (TPSA) is 15.6 Å². The van der Waals surface area contributed by atoms with Gasteiger partial charge in [0.1, 0.15) is 5.82 Å². The van der Waals surface area contributed by atoms with Crippen LogP contribution in [0.3, 0.4) is 0 Å². The summed E-state index contributed by atoms with van der Waals surface area (Å²) >= 11 is 0. The zero-order valence-corrected chi connectivity index (χ0v) is 7.33. The summed E-state index contributed by atoms with van der Waals surface area (Å²) in [5, 5.41) is 0. The van der Waals surface area contributed by atoms with E-state index in [1.165, 1.54) is 0 Å². The van der Waals surface area contributed by atoms with Crippen LogP contribution < -0.4 is 0 Å². The summed E-state index contributed by atoms with van der Waals surface area (Å²) in [6.07, 6.45) is 4.02. The first-order chi connectivity index (χ1) is 5.11. The van der Waals surface area contributed by atoms with E-state index >= 15 is 0 Å². The van der Waals surface area contributed by atoms with Crippen LogP contribution >= 0.6 is 0 Å². The third-order valence-corrected chi connectivity index (χ3v) is 1.64. The first kappa shape index (κ1) is 11.0. The summed E-state index contributed by atoms with van der Waals surface area (Å²) in [4.78, 5) is 6.30. The molecule has 0 amide bonds. The van der Waals surface area contributed by atoms with Gasteiger partial charge in [-0.2, -0.15) is 0 Å². The molecule has 0 atom stereocenters. The summed E-state index contributed by atoms with van der Waals surface area (Å²) in [5.74, 6) is 0.833. The fourth-order valence-electron chi connectivity index (χ4n) is 1.04. The van der Waals surface area contributed by atoms with Crippen molar-refractivity contribution < 1.29 is 0 Å². The second-order valence-electron chi connectivity index (χ2n) is 2.99. The van der Waals surface area contributed by atoms with Crippen molar-refractivity contribution in [2.24, 2.45) is 4.99 Å². The van der Waals surface area contributed by atoms with Crippen molar-refractivity contribution in [1.29, 1.82) is 0 Å². The molecule has 68 valence electrons. The van der Waals surface area contributed by atoms with Crippen LogP contribution in [0.1, 0.15) is 28.2 Å². The van der Waals surface area contributed by atoms with Gasteiger partial charge in [0, 0.05) is 18.0 Å². The van der Waals surface area contributed by atoms with Crippen LogP contribution in [0.15, 0.2) is 29.7 Å². The smallest absolute Gasteiger partial charge is 0.125 e. The molecule has 0 aliphatic carbocycles. The molecule has 0 N–H and O–H groups in total. The molecule has 0 fully saturated rings. The molecule has 1 heterocycles. The standard InChI is InChI=1S/C9H14N2.CH4/c1-7(2)11-6-5-8(3)10-9(11)4;/h5-7H,4H2,1-3H3;1H4. The van der Waals surface area contributed by atoms with E-state index in [4.69, 9.17) is 0 Å². The third kappa shape index (κ3) is 2.22. The predicted octanol–water partition coefficient (Wildman–Crippen LogP) is 2.79. The van der Waals surface area contributed by atoms with Crippen molar-refractivity contribution in [3.8, 4) is 0 Å². The van der Waals surface area contributed by atoms with E-state index < -0.39 is 0 Å². The Labute approximate surface area is 75.3 Å². The van der Waals surface area contributed by atoms with E-state index in [9.17, 15) is 0 Å². The third-order valence-electron chi connectivity index (χ3n) is 1.64. The molecule has 0 bridgehead atoms. The van der Waals surface area contributed by atoms with Gasteiger partial charge >= 0.3 is 0 Å². The Hall–Kier alpha value is -1.05. The SMILES string of the molecule is C.C=C1N=C(C)C=CN1C(C)C. The monoisotopic (exact) mass is 166 g/mol. The van der Waals surface area contributed by atoms with E-state index in [2.05, 4.69) is 25.4 Å². The van der Waals surface area contributed by atoms with Gasteiger partial charge < -0.3 is 4.90 Å². The van der Waals surface area contributed by atoms with Crippen LogP contribution in [-0.2, 0) is 0 Å². The van der Waals surface area contributed by atoms with Crippen LogP contribution in [0.5, 0.6) is 0 Å². The molecule has 0 aromatic carbocycles. The van der Waals surface area contributed by atoms with Gasteiger partial charge in [0.2, 0.25) is 0 Å². The number of hydrogen-bond donors (Lipinski definition) is 0. The minimum absolute atomic E-state index is 0. The highest BCUT2D eigenvalue weighted by molar-refractivity contribution is 5.94. The maximum absolute atomic E-state index is 4.25. The van der Waals surface area contributed by atoms with Gasteiger partial charge in [0.15, 0.2) is 0 Å². The van der Waals surface area contributed by atoms with E-state index in [1.807, 2.05) is 24.1 Å². The van der Waals surface area contributed by atoms with Crippen molar-refractivity contribution in [3.63, 3.8) is 0 Å². The lowest BCUT2D eigenvalue weighted by atomic mass is 10.3. The van der Waals surface area contributed by atoms with E-state index in [0.717, 1.165) is 11.5 Å². The Balaban J connectivity index is 0.00000121. The van der Waals surface area contributed by atoms with Crippen LogP contribution in [0.4, 0.5) is 0 Å². The summed E-state index contributed by atoms with van der Waals surface area (Å²) in [6, 6.07) is 0.440. The second kappa shape index (κ2) is 4.10. The number of rotatable bonds is 1. The summed E-state index contributed by atoms with van der Waals surface area (Å²) in [7, 11) is 0. The fraction of sp³-hybridized carbons (Fsp3) is 0.500. The molecule has 1 aliphatic rings. The molecule has 0 saturated carbocycles. The fourth-order valence-corrected chi connectivity index (χ4v) is 1.04. The maximum Gasteiger partial charge on any atom is 0.125 e.